The third-order valence-corrected chi connectivity index (χ3v) is 2.64. The van der Waals surface area contributed by atoms with Crippen LogP contribution in [0.1, 0.15) is 19.3 Å². The van der Waals surface area contributed by atoms with Gasteiger partial charge in [0.2, 0.25) is 0 Å². The van der Waals surface area contributed by atoms with Gasteiger partial charge in [0.15, 0.2) is 0 Å². The standard InChI is InChI=1S/C9H18N2/c1-2-6-11-8-9(7-10)4-3-5-9/h2,11H,1,3-8,10H2. The van der Waals surface area contributed by atoms with Crippen LogP contribution in [0.4, 0.5) is 0 Å². The van der Waals surface area contributed by atoms with Crippen molar-refractivity contribution < 1.29 is 0 Å². The number of hydrogen-bond donors (Lipinski definition) is 2. The summed E-state index contributed by atoms with van der Waals surface area (Å²) in [4.78, 5) is 0. The first kappa shape index (κ1) is 8.75. The lowest BCUT2D eigenvalue weighted by molar-refractivity contribution is 0.143. The summed E-state index contributed by atoms with van der Waals surface area (Å²) in [6.45, 7) is 6.46. The van der Waals surface area contributed by atoms with Crippen molar-refractivity contribution in [2.45, 2.75) is 19.3 Å². The maximum absolute atomic E-state index is 5.69. The van der Waals surface area contributed by atoms with Crippen molar-refractivity contribution in [2.75, 3.05) is 19.6 Å². The van der Waals surface area contributed by atoms with Gasteiger partial charge in [0.25, 0.3) is 0 Å². The van der Waals surface area contributed by atoms with Crippen molar-refractivity contribution >= 4 is 0 Å². The molecule has 0 saturated heterocycles. The number of rotatable bonds is 5. The second-order valence-electron chi connectivity index (χ2n) is 3.48. The molecule has 1 aliphatic carbocycles. The van der Waals surface area contributed by atoms with Crippen LogP contribution in [-0.4, -0.2) is 19.6 Å². The van der Waals surface area contributed by atoms with Crippen LogP contribution in [0.5, 0.6) is 0 Å². The van der Waals surface area contributed by atoms with E-state index in [9.17, 15) is 0 Å². The summed E-state index contributed by atoms with van der Waals surface area (Å²) in [5.74, 6) is 0. The lowest BCUT2D eigenvalue weighted by Gasteiger charge is -2.41. The molecule has 1 aliphatic rings. The van der Waals surface area contributed by atoms with E-state index >= 15 is 0 Å². The zero-order valence-electron chi connectivity index (χ0n) is 7.10. The highest BCUT2D eigenvalue weighted by atomic mass is 14.9. The smallest absolute Gasteiger partial charge is 0.0132 e. The molecule has 0 aromatic carbocycles. The van der Waals surface area contributed by atoms with Gasteiger partial charge in [-0.15, -0.1) is 6.58 Å². The normalized spacial score (nSPS) is 20.8. The van der Waals surface area contributed by atoms with E-state index in [4.69, 9.17) is 5.73 Å². The monoisotopic (exact) mass is 154 g/mol. The Balaban J connectivity index is 2.16. The summed E-state index contributed by atoms with van der Waals surface area (Å²) in [5.41, 5.74) is 6.12. The highest BCUT2D eigenvalue weighted by Crippen LogP contribution is 2.38. The molecule has 1 saturated carbocycles. The van der Waals surface area contributed by atoms with E-state index in [1.807, 2.05) is 6.08 Å². The van der Waals surface area contributed by atoms with E-state index in [0.29, 0.717) is 5.41 Å². The van der Waals surface area contributed by atoms with Gasteiger partial charge in [-0.2, -0.15) is 0 Å². The number of nitrogens with one attached hydrogen (secondary N) is 1. The zero-order valence-corrected chi connectivity index (χ0v) is 7.10. The fraction of sp³-hybridized carbons (Fsp3) is 0.778. The Hall–Kier alpha value is -0.340. The van der Waals surface area contributed by atoms with Gasteiger partial charge in [-0.1, -0.05) is 12.5 Å². The topological polar surface area (TPSA) is 38.0 Å². The highest BCUT2D eigenvalue weighted by molar-refractivity contribution is 4.90. The first-order valence-electron chi connectivity index (χ1n) is 4.35. The zero-order chi connectivity index (χ0) is 8.16. The van der Waals surface area contributed by atoms with Gasteiger partial charge in [-0.3, -0.25) is 0 Å². The van der Waals surface area contributed by atoms with Crippen molar-refractivity contribution in [1.29, 1.82) is 0 Å². The van der Waals surface area contributed by atoms with Crippen molar-refractivity contribution in [3.8, 4) is 0 Å². The minimum atomic E-state index is 0.434. The molecule has 0 bridgehead atoms. The second kappa shape index (κ2) is 3.88. The Morgan fingerprint density at radius 1 is 1.55 bits per heavy atom. The van der Waals surface area contributed by atoms with E-state index in [0.717, 1.165) is 19.6 Å². The first-order valence-corrected chi connectivity index (χ1v) is 4.35. The molecule has 1 rings (SSSR count). The van der Waals surface area contributed by atoms with Gasteiger partial charge in [0, 0.05) is 13.1 Å². The van der Waals surface area contributed by atoms with Crippen LogP contribution < -0.4 is 11.1 Å². The molecule has 0 spiro atoms. The Labute approximate surface area is 68.9 Å². The molecular weight excluding hydrogens is 136 g/mol. The van der Waals surface area contributed by atoms with Crippen LogP contribution in [0, 0.1) is 5.41 Å². The van der Waals surface area contributed by atoms with Crippen LogP contribution in [0.25, 0.3) is 0 Å². The first-order chi connectivity index (χ1) is 5.33. The van der Waals surface area contributed by atoms with Crippen LogP contribution >= 0.6 is 0 Å². The maximum atomic E-state index is 5.69. The SMILES string of the molecule is C=CCNCC1(CN)CCC1. The minimum absolute atomic E-state index is 0.434. The molecule has 0 atom stereocenters. The van der Waals surface area contributed by atoms with Crippen molar-refractivity contribution in [1.82, 2.24) is 5.32 Å². The summed E-state index contributed by atoms with van der Waals surface area (Å²) in [7, 11) is 0. The van der Waals surface area contributed by atoms with E-state index in [1.54, 1.807) is 0 Å². The third kappa shape index (κ3) is 2.04. The number of nitrogens with two attached hydrogens (primary N) is 1. The average Bonchev–Trinajstić information content (AvgIpc) is 1.95. The molecule has 1 fully saturated rings. The Morgan fingerprint density at radius 3 is 2.64 bits per heavy atom. The molecule has 0 aromatic heterocycles. The lowest BCUT2D eigenvalue weighted by Crippen LogP contribution is -2.45. The molecule has 0 aliphatic heterocycles. The molecule has 64 valence electrons. The molecule has 2 heteroatoms. The van der Waals surface area contributed by atoms with Gasteiger partial charge < -0.3 is 11.1 Å². The Bertz CT molecular complexity index is 122. The third-order valence-electron chi connectivity index (χ3n) is 2.64. The van der Waals surface area contributed by atoms with Crippen LogP contribution in [0.15, 0.2) is 12.7 Å². The van der Waals surface area contributed by atoms with E-state index in [1.165, 1.54) is 19.3 Å². The van der Waals surface area contributed by atoms with E-state index < -0.39 is 0 Å². The van der Waals surface area contributed by atoms with Crippen molar-refractivity contribution in [2.24, 2.45) is 11.1 Å². The van der Waals surface area contributed by atoms with Crippen molar-refractivity contribution in [3.05, 3.63) is 12.7 Å². The van der Waals surface area contributed by atoms with Gasteiger partial charge in [-0.25, -0.2) is 0 Å². The molecule has 11 heavy (non-hydrogen) atoms. The van der Waals surface area contributed by atoms with Crippen molar-refractivity contribution in [3.63, 3.8) is 0 Å². The van der Waals surface area contributed by atoms with E-state index in [-0.39, 0.29) is 0 Å². The fourth-order valence-corrected chi connectivity index (χ4v) is 1.57. The fourth-order valence-electron chi connectivity index (χ4n) is 1.57. The molecule has 0 radical (unpaired) electrons. The quantitative estimate of drug-likeness (QED) is 0.456. The molecule has 3 N–H and O–H groups in total. The Morgan fingerprint density at radius 2 is 2.27 bits per heavy atom. The minimum Gasteiger partial charge on any atom is -0.330 e. The summed E-state index contributed by atoms with van der Waals surface area (Å²) >= 11 is 0. The van der Waals surface area contributed by atoms with Crippen LogP contribution in [0.2, 0.25) is 0 Å². The lowest BCUT2D eigenvalue weighted by atomic mass is 9.69. The molecule has 0 unspecified atom stereocenters. The molecular formula is C9H18N2. The van der Waals surface area contributed by atoms with Crippen LogP contribution in [0.3, 0.4) is 0 Å². The Kier molecular flexibility index (Phi) is 3.09. The molecule has 0 aromatic rings. The second-order valence-corrected chi connectivity index (χ2v) is 3.48. The summed E-state index contributed by atoms with van der Waals surface area (Å²) < 4.78 is 0. The van der Waals surface area contributed by atoms with Crippen LogP contribution in [-0.2, 0) is 0 Å². The predicted octanol–water partition coefficient (Wildman–Crippen LogP) is 0.891. The van der Waals surface area contributed by atoms with Gasteiger partial charge in [0.1, 0.15) is 0 Å². The maximum Gasteiger partial charge on any atom is 0.0132 e. The molecule has 2 nitrogen and oxygen atoms in total. The molecule has 0 amide bonds. The number of hydrogen-bond acceptors (Lipinski definition) is 2. The summed E-state index contributed by atoms with van der Waals surface area (Å²) in [6.07, 6.45) is 5.84. The van der Waals surface area contributed by atoms with Gasteiger partial charge >= 0.3 is 0 Å². The largest absolute Gasteiger partial charge is 0.330 e. The van der Waals surface area contributed by atoms with Gasteiger partial charge in [0.05, 0.1) is 0 Å². The average molecular weight is 154 g/mol. The highest BCUT2D eigenvalue weighted by Gasteiger charge is 2.34. The van der Waals surface area contributed by atoms with E-state index in [2.05, 4.69) is 11.9 Å². The predicted molar refractivity (Wildman–Crippen MR) is 48.4 cm³/mol. The summed E-state index contributed by atoms with van der Waals surface area (Å²) in [5, 5.41) is 3.33. The molecule has 0 heterocycles. The van der Waals surface area contributed by atoms with Gasteiger partial charge in [-0.05, 0) is 24.8 Å². The summed E-state index contributed by atoms with van der Waals surface area (Å²) in [6, 6.07) is 0.